The summed E-state index contributed by atoms with van der Waals surface area (Å²) >= 11 is 0. The van der Waals surface area contributed by atoms with Crippen molar-refractivity contribution in [3.8, 4) is 12.3 Å². The van der Waals surface area contributed by atoms with Gasteiger partial charge in [0.25, 0.3) is 0 Å². The quantitative estimate of drug-likeness (QED) is 0.552. The predicted molar refractivity (Wildman–Crippen MR) is 48.6 cm³/mol. The molecule has 0 spiro atoms. The Morgan fingerprint density at radius 2 is 2.43 bits per heavy atom. The van der Waals surface area contributed by atoms with Crippen LogP contribution in [0, 0.1) is 19.3 Å². The van der Waals surface area contributed by atoms with Crippen molar-refractivity contribution in [3.63, 3.8) is 0 Å². The molecule has 0 aliphatic carbocycles. The molecule has 6 heteroatoms. The lowest BCUT2D eigenvalue weighted by Gasteiger charge is -1.97. The van der Waals surface area contributed by atoms with Crippen LogP contribution < -0.4 is 5.69 Å². The summed E-state index contributed by atoms with van der Waals surface area (Å²) in [7, 11) is 0. The van der Waals surface area contributed by atoms with E-state index >= 15 is 0 Å². The van der Waals surface area contributed by atoms with Crippen LogP contribution in [0.4, 0.5) is 0 Å². The van der Waals surface area contributed by atoms with Crippen LogP contribution in [0.1, 0.15) is 5.69 Å². The van der Waals surface area contributed by atoms with E-state index < -0.39 is 0 Å². The van der Waals surface area contributed by atoms with E-state index in [1.807, 2.05) is 0 Å². The lowest BCUT2D eigenvalue weighted by Crippen LogP contribution is -2.29. The van der Waals surface area contributed by atoms with Gasteiger partial charge < -0.3 is 0 Å². The third-order valence-electron chi connectivity index (χ3n) is 1.83. The second-order valence-corrected chi connectivity index (χ2v) is 2.76. The van der Waals surface area contributed by atoms with E-state index in [-0.39, 0.29) is 12.2 Å². The number of rotatable bonds is 1. The molecule has 0 fully saturated rings. The number of hydrogen-bond donors (Lipinski definition) is 0. The Morgan fingerprint density at radius 1 is 1.64 bits per heavy atom. The Balaban J connectivity index is 2.78. The van der Waals surface area contributed by atoms with E-state index in [1.54, 1.807) is 6.92 Å². The molecule has 2 aromatic heterocycles. The Labute approximate surface area is 79.2 Å². The van der Waals surface area contributed by atoms with Gasteiger partial charge in [0.1, 0.15) is 12.9 Å². The van der Waals surface area contributed by atoms with E-state index in [0.717, 1.165) is 4.68 Å². The molecule has 0 saturated carbocycles. The van der Waals surface area contributed by atoms with Gasteiger partial charge in [-0.15, -0.1) is 11.5 Å². The van der Waals surface area contributed by atoms with Crippen LogP contribution in [0.15, 0.2) is 11.1 Å². The number of imidazole rings is 1. The second-order valence-electron chi connectivity index (χ2n) is 2.76. The fraction of sp³-hybridized carbons (Fsp3) is 0.250. The van der Waals surface area contributed by atoms with Gasteiger partial charge in [-0.25, -0.2) is 14.2 Å². The Morgan fingerprint density at radius 3 is 3.14 bits per heavy atom. The molecule has 0 radical (unpaired) electrons. The van der Waals surface area contributed by atoms with Crippen LogP contribution in [-0.4, -0.2) is 24.4 Å². The highest BCUT2D eigenvalue weighted by atomic mass is 16.2. The number of aryl methyl sites for hydroxylation is 1. The van der Waals surface area contributed by atoms with Gasteiger partial charge in [0.05, 0.1) is 5.69 Å². The first kappa shape index (κ1) is 8.44. The highest BCUT2D eigenvalue weighted by Gasteiger charge is 2.06. The van der Waals surface area contributed by atoms with Crippen LogP contribution >= 0.6 is 0 Å². The monoisotopic (exact) mass is 189 g/mol. The van der Waals surface area contributed by atoms with Gasteiger partial charge in [-0.1, -0.05) is 11.1 Å². The first-order valence-corrected chi connectivity index (χ1v) is 3.95. The maximum Gasteiger partial charge on any atom is 0.353 e. The van der Waals surface area contributed by atoms with Gasteiger partial charge in [0, 0.05) is 0 Å². The fourth-order valence-corrected chi connectivity index (χ4v) is 1.14. The summed E-state index contributed by atoms with van der Waals surface area (Å²) in [6, 6.07) is 0. The Hall–Kier alpha value is -2.16. The van der Waals surface area contributed by atoms with E-state index in [9.17, 15) is 4.79 Å². The van der Waals surface area contributed by atoms with Gasteiger partial charge in [0.2, 0.25) is 0 Å². The standard InChI is InChI=1S/C8H7N5O/c1-3-4-13-8(14)12-5-9-6(2)7(12)10-11-13/h1,5H,4H2,2H3. The largest absolute Gasteiger partial charge is 0.353 e. The lowest BCUT2D eigenvalue weighted by molar-refractivity contribution is 0.576. The smallest absolute Gasteiger partial charge is 0.245 e. The Kier molecular flexibility index (Phi) is 1.78. The number of hydrogen-bond acceptors (Lipinski definition) is 4. The van der Waals surface area contributed by atoms with Gasteiger partial charge in [-0.05, 0) is 6.92 Å². The van der Waals surface area contributed by atoms with Crippen LogP contribution in [0.2, 0.25) is 0 Å². The van der Waals surface area contributed by atoms with E-state index in [2.05, 4.69) is 21.2 Å². The molecular weight excluding hydrogens is 182 g/mol. The molecule has 0 aliphatic heterocycles. The minimum Gasteiger partial charge on any atom is -0.245 e. The molecule has 2 aromatic rings. The summed E-state index contributed by atoms with van der Waals surface area (Å²) in [6.07, 6.45) is 6.49. The Bertz CT molecular complexity index is 573. The maximum absolute atomic E-state index is 11.6. The summed E-state index contributed by atoms with van der Waals surface area (Å²) in [5.41, 5.74) is 0.805. The van der Waals surface area contributed by atoms with Crippen molar-refractivity contribution in [2.45, 2.75) is 13.5 Å². The highest BCUT2D eigenvalue weighted by molar-refractivity contribution is 5.40. The van der Waals surface area contributed by atoms with Gasteiger partial charge in [0.15, 0.2) is 5.65 Å². The van der Waals surface area contributed by atoms with Gasteiger partial charge in [-0.2, -0.15) is 4.68 Å². The maximum atomic E-state index is 11.6. The lowest BCUT2D eigenvalue weighted by atomic mass is 10.5. The molecule has 0 amide bonds. The average Bonchev–Trinajstić information content (AvgIpc) is 2.54. The topological polar surface area (TPSA) is 65.1 Å². The third kappa shape index (κ3) is 1.07. The van der Waals surface area contributed by atoms with Crippen molar-refractivity contribution in [2.24, 2.45) is 0 Å². The van der Waals surface area contributed by atoms with Gasteiger partial charge in [-0.3, -0.25) is 0 Å². The van der Waals surface area contributed by atoms with Crippen molar-refractivity contribution in [1.82, 2.24) is 24.4 Å². The summed E-state index contributed by atoms with van der Waals surface area (Å²) in [4.78, 5) is 15.6. The third-order valence-corrected chi connectivity index (χ3v) is 1.83. The first-order chi connectivity index (χ1) is 6.74. The zero-order valence-corrected chi connectivity index (χ0v) is 7.51. The minimum atomic E-state index is -0.325. The summed E-state index contributed by atoms with van der Waals surface area (Å²) < 4.78 is 2.42. The van der Waals surface area contributed by atoms with Crippen molar-refractivity contribution in [3.05, 3.63) is 22.5 Å². The zero-order valence-electron chi connectivity index (χ0n) is 7.51. The molecule has 2 heterocycles. The summed E-state index contributed by atoms with van der Waals surface area (Å²) in [5, 5.41) is 7.52. The van der Waals surface area contributed by atoms with E-state index in [1.165, 1.54) is 10.7 Å². The molecule has 0 unspecified atom stereocenters. The predicted octanol–water partition coefficient (Wildman–Crippen LogP) is -0.772. The van der Waals surface area contributed by atoms with Crippen molar-refractivity contribution in [2.75, 3.05) is 0 Å². The molecule has 14 heavy (non-hydrogen) atoms. The number of aromatic nitrogens is 5. The molecule has 0 bridgehead atoms. The number of fused-ring (bicyclic) bond motifs is 1. The summed E-state index contributed by atoms with van der Waals surface area (Å²) in [6.45, 7) is 1.87. The highest BCUT2D eigenvalue weighted by Crippen LogP contribution is 1.98. The minimum absolute atomic E-state index is 0.110. The summed E-state index contributed by atoms with van der Waals surface area (Å²) in [5.74, 6) is 2.32. The number of nitrogens with zero attached hydrogens (tertiary/aromatic N) is 5. The van der Waals surface area contributed by atoms with Crippen molar-refractivity contribution in [1.29, 1.82) is 0 Å². The molecule has 0 saturated heterocycles. The van der Waals surface area contributed by atoms with Crippen LogP contribution in [0.5, 0.6) is 0 Å². The van der Waals surface area contributed by atoms with E-state index in [0.29, 0.717) is 11.3 Å². The zero-order chi connectivity index (χ0) is 10.1. The normalized spacial score (nSPS) is 10.3. The fourth-order valence-electron chi connectivity index (χ4n) is 1.14. The molecule has 2 rings (SSSR count). The molecule has 70 valence electrons. The number of terminal acetylenes is 1. The first-order valence-electron chi connectivity index (χ1n) is 3.95. The molecule has 0 aromatic carbocycles. The van der Waals surface area contributed by atoms with Crippen LogP contribution in [0.25, 0.3) is 5.65 Å². The van der Waals surface area contributed by atoms with E-state index in [4.69, 9.17) is 6.42 Å². The molecule has 0 N–H and O–H groups in total. The van der Waals surface area contributed by atoms with Gasteiger partial charge >= 0.3 is 5.69 Å². The van der Waals surface area contributed by atoms with Crippen LogP contribution in [0.3, 0.4) is 0 Å². The SMILES string of the molecule is C#CCn1nnc2c(C)ncn2c1=O. The molecule has 0 aliphatic rings. The average molecular weight is 189 g/mol. The molecular formula is C8H7N5O. The molecule has 6 nitrogen and oxygen atoms in total. The van der Waals surface area contributed by atoms with Crippen molar-refractivity contribution < 1.29 is 0 Å². The van der Waals surface area contributed by atoms with Crippen LogP contribution in [-0.2, 0) is 6.54 Å². The molecule has 0 atom stereocenters. The second kappa shape index (κ2) is 2.96. The van der Waals surface area contributed by atoms with Crippen molar-refractivity contribution >= 4 is 5.65 Å².